The average Bonchev–Trinajstić information content (AvgIpc) is 2.36. The largest absolute Gasteiger partial charge is 0.376 e. The second kappa shape index (κ2) is 6.72. The molecule has 3 unspecified atom stereocenters. The van der Waals surface area contributed by atoms with Gasteiger partial charge >= 0.3 is 0 Å². The molecule has 102 valence electrons. The van der Waals surface area contributed by atoms with E-state index in [1.54, 1.807) is 0 Å². The van der Waals surface area contributed by atoms with Gasteiger partial charge in [-0.15, -0.1) is 0 Å². The minimum absolute atomic E-state index is 0.188. The fourth-order valence-electron chi connectivity index (χ4n) is 3.12. The van der Waals surface area contributed by atoms with Gasteiger partial charge in [0.1, 0.15) is 0 Å². The van der Waals surface area contributed by atoms with Crippen molar-refractivity contribution in [2.75, 3.05) is 19.7 Å². The fourth-order valence-corrected chi connectivity index (χ4v) is 3.12. The Hall–Kier alpha value is -0.120. The highest BCUT2D eigenvalue weighted by Crippen LogP contribution is 2.30. The molecule has 0 saturated carbocycles. The Balaban J connectivity index is 2.88. The van der Waals surface area contributed by atoms with E-state index in [2.05, 4.69) is 32.6 Å². The zero-order valence-electron chi connectivity index (χ0n) is 12.0. The quantitative estimate of drug-likeness (QED) is 0.777. The highest BCUT2D eigenvalue weighted by molar-refractivity contribution is 4.95. The van der Waals surface area contributed by atoms with Crippen molar-refractivity contribution in [2.45, 2.75) is 71.1 Å². The fraction of sp³-hybridized carbons (Fsp3) is 1.00. The predicted molar refractivity (Wildman–Crippen MR) is 73.2 cm³/mol. The second-order valence-corrected chi connectivity index (χ2v) is 5.39. The first-order valence-electron chi connectivity index (χ1n) is 7.21. The van der Waals surface area contributed by atoms with Crippen LogP contribution in [0, 0.1) is 0 Å². The number of rotatable bonds is 6. The molecule has 2 N–H and O–H groups in total. The maximum atomic E-state index is 6.12. The molecule has 0 aromatic carbocycles. The summed E-state index contributed by atoms with van der Waals surface area (Å²) in [4.78, 5) is 2.64. The van der Waals surface area contributed by atoms with E-state index in [0.717, 1.165) is 32.5 Å². The van der Waals surface area contributed by atoms with E-state index in [-0.39, 0.29) is 5.54 Å². The third-order valence-electron chi connectivity index (χ3n) is 4.30. The van der Waals surface area contributed by atoms with E-state index in [0.29, 0.717) is 12.1 Å². The first kappa shape index (κ1) is 14.9. The van der Waals surface area contributed by atoms with E-state index in [4.69, 9.17) is 10.5 Å². The molecule has 3 nitrogen and oxygen atoms in total. The van der Waals surface area contributed by atoms with Crippen LogP contribution in [0.4, 0.5) is 0 Å². The summed E-state index contributed by atoms with van der Waals surface area (Å²) in [5, 5.41) is 0. The Morgan fingerprint density at radius 2 is 2.06 bits per heavy atom. The first-order valence-corrected chi connectivity index (χ1v) is 7.21. The number of nitrogens with two attached hydrogens (primary N) is 1. The smallest absolute Gasteiger partial charge is 0.0675 e. The van der Waals surface area contributed by atoms with E-state index in [9.17, 15) is 0 Å². The summed E-state index contributed by atoms with van der Waals surface area (Å²) in [6, 6.07) is 0.543. The number of hydrogen-bond acceptors (Lipinski definition) is 3. The van der Waals surface area contributed by atoms with Crippen LogP contribution >= 0.6 is 0 Å². The maximum Gasteiger partial charge on any atom is 0.0675 e. The number of ether oxygens (including phenoxy) is 1. The first-order chi connectivity index (χ1) is 8.13. The summed E-state index contributed by atoms with van der Waals surface area (Å²) in [7, 11) is 0. The molecule has 0 radical (unpaired) electrons. The van der Waals surface area contributed by atoms with Crippen molar-refractivity contribution in [3.8, 4) is 0 Å². The Bertz CT molecular complexity index is 216. The van der Waals surface area contributed by atoms with Gasteiger partial charge in [0, 0.05) is 24.7 Å². The zero-order valence-corrected chi connectivity index (χ0v) is 12.0. The van der Waals surface area contributed by atoms with Gasteiger partial charge in [0.15, 0.2) is 0 Å². The lowest BCUT2D eigenvalue weighted by Gasteiger charge is -2.50. The van der Waals surface area contributed by atoms with E-state index < -0.39 is 0 Å². The van der Waals surface area contributed by atoms with Crippen LogP contribution in [0.25, 0.3) is 0 Å². The molecule has 0 aromatic heterocycles. The molecule has 1 aliphatic heterocycles. The third-order valence-corrected chi connectivity index (χ3v) is 4.30. The molecule has 3 heteroatoms. The molecule has 1 aliphatic rings. The van der Waals surface area contributed by atoms with Gasteiger partial charge in [-0.25, -0.2) is 0 Å². The number of morpholine rings is 1. The third kappa shape index (κ3) is 3.21. The standard InChI is InChI=1S/C14H30N2O/c1-5-8-14(7-3,11-15)16-9-12(4)17-10-13(16)6-2/h12-13H,5-11,15H2,1-4H3. The minimum atomic E-state index is 0.188. The Labute approximate surface area is 107 Å². The van der Waals surface area contributed by atoms with Gasteiger partial charge in [0.25, 0.3) is 0 Å². The molecule has 3 atom stereocenters. The van der Waals surface area contributed by atoms with Crippen LogP contribution < -0.4 is 5.73 Å². The molecular weight excluding hydrogens is 212 g/mol. The molecule has 0 aliphatic carbocycles. The van der Waals surface area contributed by atoms with Crippen LogP contribution in [-0.2, 0) is 4.74 Å². The summed E-state index contributed by atoms with van der Waals surface area (Å²) in [5.74, 6) is 0. The lowest BCUT2D eigenvalue weighted by Crippen LogP contribution is -2.62. The van der Waals surface area contributed by atoms with Crippen molar-refractivity contribution in [1.82, 2.24) is 4.90 Å². The van der Waals surface area contributed by atoms with Crippen molar-refractivity contribution in [3.05, 3.63) is 0 Å². The summed E-state index contributed by atoms with van der Waals surface area (Å²) < 4.78 is 5.79. The normalized spacial score (nSPS) is 30.2. The minimum Gasteiger partial charge on any atom is -0.376 e. The Morgan fingerprint density at radius 1 is 1.35 bits per heavy atom. The highest BCUT2D eigenvalue weighted by atomic mass is 16.5. The molecular formula is C14H30N2O. The Morgan fingerprint density at radius 3 is 2.53 bits per heavy atom. The molecule has 17 heavy (non-hydrogen) atoms. The van der Waals surface area contributed by atoms with Crippen molar-refractivity contribution >= 4 is 0 Å². The van der Waals surface area contributed by atoms with Crippen LogP contribution in [0.1, 0.15) is 53.4 Å². The molecule has 0 aromatic rings. The molecule has 0 spiro atoms. The monoisotopic (exact) mass is 242 g/mol. The number of nitrogens with zero attached hydrogens (tertiary/aromatic N) is 1. The van der Waals surface area contributed by atoms with E-state index in [1.807, 2.05) is 0 Å². The van der Waals surface area contributed by atoms with Gasteiger partial charge in [0.2, 0.25) is 0 Å². The SMILES string of the molecule is CCCC(CC)(CN)N1CC(C)OCC1CC. The lowest BCUT2D eigenvalue weighted by atomic mass is 9.86. The van der Waals surface area contributed by atoms with Gasteiger partial charge in [-0.2, -0.15) is 0 Å². The molecule has 1 fully saturated rings. The zero-order chi connectivity index (χ0) is 12.9. The van der Waals surface area contributed by atoms with Crippen molar-refractivity contribution in [3.63, 3.8) is 0 Å². The molecule has 1 rings (SSSR count). The van der Waals surface area contributed by atoms with Crippen molar-refractivity contribution in [2.24, 2.45) is 5.73 Å². The van der Waals surface area contributed by atoms with Crippen molar-refractivity contribution in [1.29, 1.82) is 0 Å². The lowest BCUT2D eigenvalue weighted by molar-refractivity contribution is -0.102. The molecule has 0 bridgehead atoms. The van der Waals surface area contributed by atoms with Crippen LogP contribution in [-0.4, -0.2) is 42.3 Å². The molecule has 1 saturated heterocycles. The van der Waals surface area contributed by atoms with Gasteiger partial charge in [-0.05, 0) is 26.2 Å². The van der Waals surface area contributed by atoms with Crippen LogP contribution in [0.2, 0.25) is 0 Å². The van der Waals surface area contributed by atoms with Gasteiger partial charge in [-0.1, -0.05) is 27.2 Å². The van der Waals surface area contributed by atoms with E-state index in [1.165, 1.54) is 12.8 Å². The van der Waals surface area contributed by atoms with Crippen molar-refractivity contribution < 1.29 is 4.74 Å². The summed E-state index contributed by atoms with van der Waals surface area (Å²) in [6.45, 7) is 11.6. The maximum absolute atomic E-state index is 6.12. The van der Waals surface area contributed by atoms with E-state index >= 15 is 0 Å². The van der Waals surface area contributed by atoms with Crippen LogP contribution in [0.3, 0.4) is 0 Å². The summed E-state index contributed by atoms with van der Waals surface area (Å²) >= 11 is 0. The highest BCUT2D eigenvalue weighted by Gasteiger charge is 2.39. The second-order valence-electron chi connectivity index (χ2n) is 5.39. The molecule has 0 amide bonds. The summed E-state index contributed by atoms with van der Waals surface area (Å²) in [5.41, 5.74) is 6.30. The predicted octanol–water partition coefficient (Wildman–Crippen LogP) is 2.39. The number of hydrogen-bond donors (Lipinski definition) is 1. The Kier molecular flexibility index (Phi) is 5.90. The van der Waals surface area contributed by atoms with Gasteiger partial charge < -0.3 is 10.5 Å². The average molecular weight is 242 g/mol. The van der Waals surface area contributed by atoms with Crippen LogP contribution in [0.5, 0.6) is 0 Å². The molecule has 1 heterocycles. The topological polar surface area (TPSA) is 38.5 Å². The van der Waals surface area contributed by atoms with Crippen LogP contribution in [0.15, 0.2) is 0 Å². The van der Waals surface area contributed by atoms with Gasteiger partial charge in [0.05, 0.1) is 12.7 Å². The van der Waals surface area contributed by atoms with Gasteiger partial charge in [-0.3, -0.25) is 4.90 Å². The summed E-state index contributed by atoms with van der Waals surface area (Å²) in [6.07, 6.45) is 5.03.